The molecule has 1 unspecified atom stereocenters. The number of ether oxygens (including phenoxy) is 1. The standard InChI is InChI=1S/C17H25FN2O2/c1-4-8-20(9-5-2)12-10-14-13(17(21)19-3)6-7-15(18)16(14)22-11-12/h6-7,12H,4-5,8-11H2,1-3H3,(H,19,21). The lowest BCUT2D eigenvalue weighted by molar-refractivity contribution is 0.0950. The third-order valence-corrected chi connectivity index (χ3v) is 4.08. The highest BCUT2D eigenvalue weighted by Crippen LogP contribution is 2.32. The van der Waals surface area contributed by atoms with Crippen LogP contribution in [0.4, 0.5) is 4.39 Å². The maximum absolute atomic E-state index is 14.0. The van der Waals surface area contributed by atoms with Crippen LogP contribution in [0.1, 0.15) is 42.6 Å². The Morgan fingerprint density at radius 2 is 2.05 bits per heavy atom. The largest absolute Gasteiger partial charge is 0.489 e. The Bertz CT molecular complexity index is 528. The number of amides is 1. The summed E-state index contributed by atoms with van der Waals surface area (Å²) in [7, 11) is 1.58. The number of fused-ring (bicyclic) bond motifs is 1. The van der Waals surface area contributed by atoms with Crippen LogP contribution in [0.5, 0.6) is 5.75 Å². The highest BCUT2D eigenvalue weighted by Gasteiger charge is 2.29. The van der Waals surface area contributed by atoms with E-state index in [2.05, 4.69) is 24.1 Å². The Hall–Kier alpha value is -1.62. The number of nitrogens with zero attached hydrogens (tertiary/aromatic N) is 1. The van der Waals surface area contributed by atoms with Crippen LogP contribution in [0.15, 0.2) is 12.1 Å². The molecule has 0 bridgehead atoms. The predicted molar refractivity (Wildman–Crippen MR) is 84.9 cm³/mol. The van der Waals surface area contributed by atoms with E-state index in [-0.39, 0.29) is 17.7 Å². The monoisotopic (exact) mass is 308 g/mol. The summed E-state index contributed by atoms with van der Waals surface area (Å²) in [6, 6.07) is 3.04. The Balaban J connectivity index is 2.31. The molecule has 0 spiro atoms. The van der Waals surface area contributed by atoms with Crippen LogP contribution in [0.2, 0.25) is 0 Å². The van der Waals surface area contributed by atoms with Crippen LogP contribution < -0.4 is 10.1 Å². The number of hydrogen-bond donors (Lipinski definition) is 1. The van der Waals surface area contributed by atoms with Crippen molar-refractivity contribution in [1.29, 1.82) is 0 Å². The van der Waals surface area contributed by atoms with Crippen LogP contribution >= 0.6 is 0 Å². The highest BCUT2D eigenvalue weighted by atomic mass is 19.1. The van der Waals surface area contributed by atoms with E-state index in [1.54, 1.807) is 13.1 Å². The average molecular weight is 308 g/mol. The second kappa shape index (κ2) is 7.58. The van der Waals surface area contributed by atoms with Crippen LogP contribution in [0, 0.1) is 5.82 Å². The van der Waals surface area contributed by atoms with E-state index >= 15 is 0 Å². The first kappa shape index (κ1) is 16.7. The summed E-state index contributed by atoms with van der Waals surface area (Å²) in [5.41, 5.74) is 1.20. The summed E-state index contributed by atoms with van der Waals surface area (Å²) in [6.07, 6.45) is 2.78. The van der Waals surface area contributed by atoms with Gasteiger partial charge >= 0.3 is 0 Å². The summed E-state index contributed by atoms with van der Waals surface area (Å²) in [4.78, 5) is 14.4. The normalized spacial score (nSPS) is 17.0. The molecule has 5 heteroatoms. The van der Waals surface area contributed by atoms with Crippen molar-refractivity contribution in [3.8, 4) is 5.75 Å². The van der Waals surface area contributed by atoms with Gasteiger partial charge in [-0.15, -0.1) is 0 Å². The summed E-state index contributed by atoms with van der Waals surface area (Å²) < 4.78 is 19.7. The molecule has 1 aromatic carbocycles. The zero-order valence-electron chi connectivity index (χ0n) is 13.6. The number of nitrogens with one attached hydrogen (secondary N) is 1. The van der Waals surface area contributed by atoms with E-state index in [4.69, 9.17) is 4.74 Å². The van der Waals surface area contributed by atoms with Gasteiger partial charge in [0.1, 0.15) is 6.61 Å². The van der Waals surface area contributed by atoms with Gasteiger partial charge in [0, 0.05) is 24.2 Å². The molecule has 0 aromatic heterocycles. The summed E-state index contributed by atoms with van der Waals surface area (Å²) in [6.45, 7) is 6.75. The molecular weight excluding hydrogens is 283 g/mol. The van der Waals surface area contributed by atoms with Crippen molar-refractivity contribution in [3.05, 3.63) is 29.1 Å². The summed E-state index contributed by atoms with van der Waals surface area (Å²) in [5, 5.41) is 2.61. The molecule has 1 aliphatic rings. The number of rotatable bonds is 6. The Kier molecular flexibility index (Phi) is 5.77. The molecule has 22 heavy (non-hydrogen) atoms. The van der Waals surface area contributed by atoms with Crippen molar-refractivity contribution in [3.63, 3.8) is 0 Å². The van der Waals surface area contributed by atoms with Gasteiger partial charge in [-0.2, -0.15) is 0 Å². The van der Waals surface area contributed by atoms with Gasteiger partial charge in [0.2, 0.25) is 0 Å². The second-order valence-electron chi connectivity index (χ2n) is 5.69. The van der Waals surface area contributed by atoms with Crippen LogP contribution in [-0.2, 0) is 6.42 Å². The minimum Gasteiger partial charge on any atom is -0.489 e. The summed E-state index contributed by atoms with van der Waals surface area (Å²) >= 11 is 0. The molecule has 0 saturated carbocycles. The SMILES string of the molecule is CCCN(CCC)C1COc2c(F)ccc(C(=O)NC)c2C1. The molecule has 1 aromatic rings. The quantitative estimate of drug-likeness (QED) is 0.878. The fourth-order valence-electron chi connectivity index (χ4n) is 3.07. The van der Waals surface area contributed by atoms with E-state index in [1.165, 1.54) is 6.07 Å². The van der Waals surface area contributed by atoms with E-state index in [0.717, 1.165) is 25.9 Å². The van der Waals surface area contributed by atoms with Crippen LogP contribution in [-0.4, -0.2) is 43.6 Å². The van der Waals surface area contributed by atoms with Crippen molar-refractivity contribution in [2.45, 2.75) is 39.2 Å². The van der Waals surface area contributed by atoms with E-state index in [9.17, 15) is 9.18 Å². The maximum Gasteiger partial charge on any atom is 0.251 e. The Labute approximate surface area is 131 Å². The molecular formula is C17H25FN2O2. The molecule has 0 saturated heterocycles. The molecule has 1 aliphatic heterocycles. The Morgan fingerprint density at radius 3 is 2.64 bits per heavy atom. The zero-order valence-corrected chi connectivity index (χ0v) is 13.6. The van der Waals surface area contributed by atoms with Gasteiger partial charge in [0.05, 0.1) is 0 Å². The molecule has 2 rings (SSSR count). The first-order valence-corrected chi connectivity index (χ1v) is 8.02. The fourth-order valence-corrected chi connectivity index (χ4v) is 3.07. The molecule has 0 aliphatic carbocycles. The van der Waals surface area contributed by atoms with Crippen molar-refractivity contribution >= 4 is 5.91 Å². The number of carbonyl (C=O) groups excluding carboxylic acids is 1. The summed E-state index contributed by atoms with van der Waals surface area (Å²) in [5.74, 6) is -0.345. The van der Waals surface area contributed by atoms with Crippen LogP contribution in [0.3, 0.4) is 0 Å². The minimum atomic E-state index is -0.390. The lowest BCUT2D eigenvalue weighted by Crippen LogP contribution is -2.44. The van der Waals surface area contributed by atoms with Crippen LogP contribution in [0.25, 0.3) is 0 Å². The van der Waals surface area contributed by atoms with Gasteiger partial charge in [-0.05, 0) is 44.5 Å². The number of carbonyl (C=O) groups is 1. The topological polar surface area (TPSA) is 41.6 Å². The lowest BCUT2D eigenvalue weighted by atomic mass is 9.95. The smallest absolute Gasteiger partial charge is 0.251 e. The molecule has 1 heterocycles. The van der Waals surface area contributed by atoms with Crippen molar-refractivity contribution in [2.24, 2.45) is 0 Å². The molecule has 122 valence electrons. The number of benzene rings is 1. The van der Waals surface area contributed by atoms with Crippen molar-refractivity contribution in [2.75, 3.05) is 26.7 Å². The third kappa shape index (κ3) is 3.40. The molecule has 0 fully saturated rings. The highest BCUT2D eigenvalue weighted by molar-refractivity contribution is 5.96. The van der Waals surface area contributed by atoms with E-state index in [1.807, 2.05) is 0 Å². The van der Waals surface area contributed by atoms with E-state index < -0.39 is 5.82 Å². The molecule has 1 atom stereocenters. The van der Waals surface area contributed by atoms with Crippen molar-refractivity contribution in [1.82, 2.24) is 10.2 Å². The van der Waals surface area contributed by atoms with Gasteiger partial charge in [-0.25, -0.2) is 4.39 Å². The first-order valence-electron chi connectivity index (χ1n) is 8.02. The second-order valence-corrected chi connectivity index (χ2v) is 5.69. The zero-order chi connectivity index (χ0) is 16.1. The third-order valence-electron chi connectivity index (χ3n) is 4.08. The maximum atomic E-state index is 14.0. The molecule has 1 amide bonds. The molecule has 0 radical (unpaired) electrons. The lowest BCUT2D eigenvalue weighted by Gasteiger charge is -2.35. The Morgan fingerprint density at radius 1 is 1.36 bits per heavy atom. The van der Waals surface area contributed by atoms with Gasteiger partial charge in [-0.3, -0.25) is 9.69 Å². The van der Waals surface area contributed by atoms with Gasteiger partial charge in [0.25, 0.3) is 5.91 Å². The van der Waals surface area contributed by atoms with Gasteiger partial charge in [0.15, 0.2) is 11.6 Å². The molecule has 1 N–H and O–H groups in total. The number of halogens is 1. The van der Waals surface area contributed by atoms with Crippen molar-refractivity contribution < 1.29 is 13.9 Å². The average Bonchev–Trinajstić information content (AvgIpc) is 2.54. The van der Waals surface area contributed by atoms with E-state index in [0.29, 0.717) is 24.2 Å². The fraction of sp³-hybridized carbons (Fsp3) is 0.588. The molecule has 4 nitrogen and oxygen atoms in total. The predicted octanol–water partition coefficient (Wildman–Crippen LogP) is 2.61. The minimum absolute atomic E-state index is 0.192. The first-order chi connectivity index (χ1) is 10.6. The van der Waals surface area contributed by atoms with Gasteiger partial charge < -0.3 is 10.1 Å². The number of hydrogen-bond acceptors (Lipinski definition) is 3. The van der Waals surface area contributed by atoms with Gasteiger partial charge in [-0.1, -0.05) is 13.8 Å².